The number of methoxy groups -OCH3 is 1. The predicted molar refractivity (Wildman–Crippen MR) is 109 cm³/mol. The number of sulfone groups is 1. The first kappa shape index (κ1) is 21.8. The molecular weight excluding hydrogens is 392 g/mol. The van der Waals surface area contributed by atoms with Gasteiger partial charge in [-0.1, -0.05) is 24.6 Å². The Labute approximate surface area is 172 Å². The lowest BCUT2D eigenvalue weighted by atomic mass is 9.96. The number of carbonyl (C=O) groups is 2. The summed E-state index contributed by atoms with van der Waals surface area (Å²) in [6.07, 6.45) is 4.64. The van der Waals surface area contributed by atoms with Crippen LogP contribution in [-0.4, -0.2) is 74.7 Å². The number of hydrogen-bond donors (Lipinski definition) is 0. The first-order chi connectivity index (χ1) is 13.9. The van der Waals surface area contributed by atoms with Crippen LogP contribution in [0.1, 0.15) is 38.5 Å². The Morgan fingerprint density at radius 1 is 1.10 bits per heavy atom. The summed E-state index contributed by atoms with van der Waals surface area (Å²) in [5, 5.41) is 0. The van der Waals surface area contributed by atoms with Gasteiger partial charge in [-0.3, -0.25) is 14.5 Å². The Bertz CT molecular complexity index is 812. The molecule has 0 N–H and O–H groups in total. The highest BCUT2D eigenvalue weighted by atomic mass is 32.2. The van der Waals surface area contributed by atoms with Crippen molar-refractivity contribution in [2.75, 3.05) is 32.5 Å². The molecule has 0 bridgehead atoms. The van der Waals surface area contributed by atoms with Crippen molar-refractivity contribution in [3.8, 4) is 0 Å². The van der Waals surface area contributed by atoms with Crippen molar-refractivity contribution < 1.29 is 22.7 Å². The summed E-state index contributed by atoms with van der Waals surface area (Å²) in [5.41, 5.74) is 0. The van der Waals surface area contributed by atoms with Gasteiger partial charge in [-0.2, -0.15) is 0 Å². The van der Waals surface area contributed by atoms with Crippen molar-refractivity contribution in [3.63, 3.8) is 0 Å². The quantitative estimate of drug-likeness (QED) is 0.651. The molecule has 2 fully saturated rings. The highest BCUT2D eigenvalue weighted by Gasteiger charge is 2.36. The summed E-state index contributed by atoms with van der Waals surface area (Å²) in [6.45, 7) is 1.54. The van der Waals surface area contributed by atoms with E-state index < -0.39 is 9.84 Å². The van der Waals surface area contributed by atoms with E-state index in [1.54, 1.807) is 35.2 Å². The van der Waals surface area contributed by atoms with Crippen LogP contribution < -0.4 is 0 Å². The van der Waals surface area contributed by atoms with E-state index in [1.165, 1.54) is 7.11 Å². The summed E-state index contributed by atoms with van der Waals surface area (Å²) in [5.74, 6) is -0.296. The summed E-state index contributed by atoms with van der Waals surface area (Å²) < 4.78 is 30.0. The molecule has 29 heavy (non-hydrogen) atoms. The van der Waals surface area contributed by atoms with Gasteiger partial charge in [-0.15, -0.1) is 0 Å². The monoisotopic (exact) mass is 422 g/mol. The molecular formula is C21H30N2O5S. The summed E-state index contributed by atoms with van der Waals surface area (Å²) in [4.78, 5) is 28.9. The van der Waals surface area contributed by atoms with Crippen LogP contribution in [0.4, 0.5) is 0 Å². The minimum Gasteiger partial charge on any atom is -0.468 e. The molecule has 1 aromatic carbocycles. The average molecular weight is 423 g/mol. The van der Waals surface area contributed by atoms with Gasteiger partial charge in [0.15, 0.2) is 9.84 Å². The number of amides is 1. The van der Waals surface area contributed by atoms with E-state index in [2.05, 4.69) is 4.90 Å². The van der Waals surface area contributed by atoms with E-state index >= 15 is 0 Å². The fraction of sp³-hybridized carbons (Fsp3) is 0.619. The molecule has 2 aliphatic heterocycles. The Morgan fingerprint density at radius 2 is 1.86 bits per heavy atom. The molecule has 8 heteroatoms. The maximum atomic E-state index is 12.6. The van der Waals surface area contributed by atoms with Crippen molar-refractivity contribution in [1.29, 1.82) is 0 Å². The van der Waals surface area contributed by atoms with Gasteiger partial charge in [-0.05, 0) is 44.4 Å². The Morgan fingerprint density at radius 3 is 2.59 bits per heavy atom. The zero-order valence-corrected chi connectivity index (χ0v) is 17.8. The zero-order chi connectivity index (χ0) is 20.9. The molecule has 0 spiro atoms. The van der Waals surface area contributed by atoms with Gasteiger partial charge in [0.25, 0.3) is 0 Å². The first-order valence-electron chi connectivity index (χ1n) is 10.3. The van der Waals surface area contributed by atoms with Crippen LogP contribution in [0, 0.1) is 0 Å². The Kier molecular flexibility index (Phi) is 7.29. The second kappa shape index (κ2) is 9.71. The number of carbonyl (C=O) groups excluding carboxylic acids is 2. The molecule has 0 aliphatic carbocycles. The molecule has 2 heterocycles. The second-order valence-corrected chi connectivity index (χ2v) is 9.88. The van der Waals surface area contributed by atoms with E-state index in [-0.39, 0.29) is 41.2 Å². The Hall–Kier alpha value is -1.93. The summed E-state index contributed by atoms with van der Waals surface area (Å²) in [6, 6.07) is 8.24. The molecule has 1 amide bonds. The second-order valence-electron chi connectivity index (χ2n) is 7.77. The molecule has 0 saturated carbocycles. The largest absolute Gasteiger partial charge is 0.468 e. The average Bonchev–Trinajstić information content (AvgIpc) is 2.94. The van der Waals surface area contributed by atoms with Crippen LogP contribution in [0.25, 0.3) is 0 Å². The number of nitrogens with zero attached hydrogens (tertiary/aromatic N) is 2. The number of likely N-dealkylation sites (tertiary alicyclic amines) is 2. The van der Waals surface area contributed by atoms with E-state index in [9.17, 15) is 18.0 Å². The van der Waals surface area contributed by atoms with Gasteiger partial charge in [0, 0.05) is 25.6 Å². The lowest BCUT2D eigenvalue weighted by molar-refractivity contribution is -0.149. The van der Waals surface area contributed by atoms with Gasteiger partial charge in [0.05, 0.1) is 17.8 Å². The molecule has 160 valence electrons. The highest BCUT2D eigenvalue weighted by molar-refractivity contribution is 7.91. The summed E-state index contributed by atoms with van der Waals surface area (Å²) in [7, 11) is -2.00. The molecule has 0 radical (unpaired) electrons. The first-order valence-corrected chi connectivity index (χ1v) is 12.0. The van der Waals surface area contributed by atoms with Crippen molar-refractivity contribution in [1.82, 2.24) is 9.80 Å². The minimum absolute atomic E-state index is 0.0117. The maximum Gasteiger partial charge on any atom is 0.323 e. The van der Waals surface area contributed by atoms with Gasteiger partial charge in [-0.25, -0.2) is 8.42 Å². The van der Waals surface area contributed by atoms with Crippen molar-refractivity contribution in [2.24, 2.45) is 0 Å². The van der Waals surface area contributed by atoms with Crippen LogP contribution >= 0.6 is 0 Å². The fourth-order valence-electron chi connectivity index (χ4n) is 4.35. The maximum absolute atomic E-state index is 12.6. The van der Waals surface area contributed by atoms with Crippen molar-refractivity contribution in [2.45, 2.75) is 55.5 Å². The third-order valence-electron chi connectivity index (χ3n) is 6.00. The van der Waals surface area contributed by atoms with E-state index in [4.69, 9.17) is 4.74 Å². The van der Waals surface area contributed by atoms with E-state index in [0.29, 0.717) is 19.4 Å². The normalized spacial score (nSPS) is 24.2. The van der Waals surface area contributed by atoms with E-state index in [0.717, 1.165) is 32.2 Å². The predicted octanol–water partition coefficient (Wildman–Crippen LogP) is 1.87. The lowest BCUT2D eigenvalue weighted by Gasteiger charge is -2.39. The number of esters is 1. The third-order valence-corrected chi connectivity index (χ3v) is 7.71. The fourth-order valence-corrected chi connectivity index (χ4v) is 5.61. The number of piperidine rings is 1. The van der Waals surface area contributed by atoms with Crippen LogP contribution in [0.5, 0.6) is 0 Å². The Balaban J connectivity index is 1.61. The number of rotatable bonds is 6. The van der Waals surface area contributed by atoms with Crippen LogP contribution in [0.3, 0.4) is 0 Å². The molecule has 2 saturated heterocycles. The molecule has 2 atom stereocenters. The smallest absolute Gasteiger partial charge is 0.323 e. The zero-order valence-electron chi connectivity index (χ0n) is 17.0. The minimum atomic E-state index is -3.42. The lowest BCUT2D eigenvalue weighted by Crippen LogP contribution is -2.50. The van der Waals surface area contributed by atoms with Crippen molar-refractivity contribution >= 4 is 21.7 Å². The van der Waals surface area contributed by atoms with Crippen LogP contribution in [-0.2, 0) is 24.2 Å². The third kappa shape index (κ3) is 5.36. The van der Waals surface area contributed by atoms with Gasteiger partial charge in [0.2, 0.25) is 5.91 Å². The number of benzene rings is 1. The van der Waals surface area contributed by atoms with Crippen molar-refractivity contribution in [3.05, 3.63) is 30.3 Å². The molecule has 3 rings (SSSR count). The van der Waals surface area contributed by atoms with Crippen LogP contribution in [0.2, 0.25) is 0 Å². The standard InChI is InChI=1S/C21H30N2O5S/c1-28-21(25)19-9-5-6-13-23(19)17-10-11-20(24)22(14-12-17)15-16-29(26,27)18-7-3-2-4-8-18/h2-4,7-8,17,19H,5-6,9-16H2,1H3. The van der Waals surface area contributed by atoms with Gasteiger partial charge in [0.1, 0.15) is 6.04 Å². The topological polar surface area (TPSA) is 84.0 Å². The highest BCUT2D eigenvalue weighted by Crippen LogP contribution is 2.26. The van der Waals surface area contributed by atoms with Gasteiger partial charge >= 0.3 is 5.97 Å². The summed E-state index contributed by atoms with van der Waals surface area (Å²) >= 11 is 0. The van der Waals surface area contributed by atoms with Crippen LogP contribution in [0.15, 0.2) is 35.2 Å². The number of hydrogen-bond acceptors (Lipinski definition) is 6. The molecule has 1 aromatic rings. The SMILES string of the molecule is COC(=O)C1CCCCN1C1CCC(=O)N(CCS(=O)(=O)c2ccccc2)CC1. The molecule has 2 aliphatic rings. The van der Waals surface area contributed by atoms with E-state index in [1.807, 2.05) is 0 Å². The number of ether oxygens (including phenoxy) is 1. The molecule has 0 aromatic heterocycles. The molecule has 7 nitrogen and oxygen atoms in total. The molecule has 2 unspecified atom stereocenters. The van der Waals surface area contributed by atoms with Gasteiger partial charge < -0.3 is 9.64 Å².